The highest BCUT2D eigenvalue weighted by atomic mass is 32.2. The van der Waals surface area contributed by atoms with Crippen molar-refractivity contribution in [1.82, 2.24) is 4.90 Å². The van der Waals surface area contributed by atoms with E-state index in [0.717, 1.165) is 42.8 Å². The summed E-state index contributed by atoms with van der Waals surface area (Å²) in [5.41, 5.74) is 1.38. The summed E-state index contributed by atoms with van der Waals surface area (Å²) in [6.45, 7) is 3.96. The van der Waals surface area contributed by atoms with Crippen molar-refractivity contribution in [3.8, 4) is 0 Å². The molecule has 0 N–H and O–H groups in total. The van der Waals surface area contributed by atoms with Gasteiger partial charge in [-0.25, -0.2) is 4.99 Å². The lowest BCUT2D eigenvalue weighted by molar-refractivity contribution is -0.384. The van der Waals surface area contributed by atoms with Crippen LogP contribution in [0.1, 0.15) is 51.0 Å². The van der Waals surface area contributed by atoms with Crippen LogP contribution >= 0.6 is 11.8 Å². The van der Waals surface area contributed by atoms with Gasteiger partial charge in [-0.1, -0.05) is 37.9 Å². The van der Waals surface area contributed by atoms with Gasteiger partial charge >= 0.3 is 0 Å². The molecular weight excluding hydrogens is 338 g/mol. The minimum atomic E-state index is -0.405. The standard InChI is InChI=1S/C18H23N3O3S/c1-3-18(9-5-4-6-10-18)20-16(22)12-25-17(20)19-15-8-7-14(21(23)24)11-13(15)2/h7-8,11H,3-6,9-10,12H2,1-2H3. The Bertz CT molecular complexity index is 726. The number of amides is 1. The Kier molecular flexibility index (Phi) is 5.13. The predicted molar refractivity (Wildman–Crippen MR) is 100 cm³/mol. The highest BCUT2D eigenvalue weighted by Crippen LogP contribution is 2.41. The number of carbonyl (C=O) groups excluding carboxylic acids is 1. The molecule has 0 bridgehead atoms. The van der Waals surface area contributed by atoms with Crippen molar-refractivity contribution >= 4 is 34.2 Å². The number of nitrogens with zero attached hydrogens (tertiary/aromatic N) is 3. The number of nitro benzene ring substituents is 1. The maximum atomic E-state index is 12.6. The van der Waals surface area contributed by atoms with Crippen LogP contribution < -0.4 is 0 Å². The lowest BCUT2D eigenvalue weighted by Gasteiger charge is -2.43. The molecular formula is C18H23N3O3S. The first-order valence-corrected chi connectivity index (χ1v) is 9.75. The SMILES string of the molecule is CCC1(N2C(=O)CSC2=Nc2ccc([N+](=O)[O-])cc2C)CCCCC1. The van der Waals surface area contributed by atoms with Crippen LogP contribution in [0, 0.1) is 17.0 Å². The summed E-state index contributed by atoms with van der Waals surface area (Å²) in [7, 11) is 0. The molecule has 0 aromatic heterocycles. The monoisotopic (exact) mass is 361 g/mol. The molecule has 1 saturated carbocycles. The van der Waals surface area contributed by atoms with E-state index in [0.29, 0.717) is 11.4 Å². The molecule has 2 aliphatic rings. The molecule has 0 unspecified atom stereocenters. The van der Waals surface area contributed by atoms with Crippen LogP contribution in [-0.2, 0) is 4.79 Å². The molecule has 1 heterocycles. The number of non-ortho nitro benzene ring substituents is 1. The van der Waals surface area contributed by atoms with Gasteiger partial charge in [0.15, 0.2) is 5.17 Å². The normalized spacial score (nSPS) is 21.8. The first kappa shape index (κ1) is 17.9. The molecule has 1 aliphatic heterocycles. The molecule has 7 heteroatoms. The van der Waals surface area contributed by atoms with E-state index in [9.17, 15) is 14.9 Å². The highest BCUT2D eigenvalue weighted by molar-refractivity contribution is 8.15. The van der Waals surface area contributed by atoms with E-state index in [4.69, 9.17) is 4.99 Å². The van der Waals surface area contributed by atoms with Crippen LogP contribution in [-0.4, -0.2) is 32.2 Å². The number of hydrogen-bond acceptors (Lipinski definition) is 5. The van der Waals surface area contributed by atoms with E-state index in [1.165, 1.54) is 30.3 Å². The average Bonchev–Trinajstić information content (AvgIpc) is 2.98. The number of thioether (sulfide) groups is 1. The number of hydrogen-bond donors (Lipinski definition) is 0. The molecule has 6 nitrogen and oxygen atoms in total. The minimum absolute atomic E-state index is 0.0609. The van der Waals surface area contributed by atoms with Crippen LogP contribution in [0.4, 0.5) is 11.4 Å². The molecule has 1 saturated heterocycles. The smallest absolute Gasteiger partial charge is 0.269 e. The first-order chi connectivity index (χ1) is 12.0. The van der Waals surface area contributed by atoms with Gasteiger partial charge < -0.3 is 0 Å². The Morgan fingerprint density at radius 3 is 2.64 bits per heavy atom. The molecule has 134 valence electrons. The van der Waals surface area contributed by atoms with Crippen LogP contribution in [0.5, 0.6) is 0 Å². The maximum absolute atomic E-state index is 12.6. The first-order valence-electron chi connectivity index (χ1n) is 8.76. The van der Waals surface area contributed by atoms with E-state index in [1.807, 2.05) is 11.8 Å². The number of rotatable bonds is 4. The second-order valence-corrected chi connectivity index (χ2v) is 7.72. The van der Waals surface area contributed by atoms with Gasteiger partial charge in [-0.3, -0.25) is 19.8 Å². The molecule has 0 atom stereocenters. The summed E-state index contributed by atoms with van der Waals surface area (Å²) in [5, 5.41) is 11.6. The van der Waals surface area contributed by atoms with Gasteiger partial charge in [-0.15, -0.1) is 0 Å². The van der Waals surface area contributed by atoms with E-state index in [2.05, 4.69) is 6.92 Å². The van der Waals surface area contributed by atoms with E-state index in [1.54, 1.807) is 6.07 Å². The van der Waals surface area contributed by atoms with Crippen LogP contribution in [0.25, 0.3) is 0 Å². The lowest BCUT2D eigenvalue weighted by Crippen LogP contribution is -2.52. The van der Waals surface area contributed by atoms with Gasteiger partial charge in [-0.2, -0.15) is 0 Å². The van der Waals surface area contributed by atoms with Crippen LogP contribution in [0.15, 0.2) is 23.2 Å². The maximum Gasteiger partial charge on any atom is 0.269 e. The van der Waals surface area contributed by atoms with E-state index in [-0.39, 0.29) is 17.1 Å². The van der Waals surface area contributed by atoms with Gasteiger partial charge in [0.2, 0.25) is 5.91 Å². The van der Waals surface area contributed by atoms with Gasteiger partial charge in [0.1, 0.15) is 0 Å². The third-order valence-corrected chi connectivity index (χ3v) is 6.21. The molecule has 1 amide bonds. The van der Waals surface area contributed by atoms with Gasteiger partial charge in [0.05, 0.1) is 16.4 Å². The summed E-state index contributed by atoms with van der Waals surface area (Å²) in [5.74, 6) is 0.555. The zero-order valence-electron chi connectivity index (χ0n) is 14.7. The lowest BCUT2D eigenvalue weighted by atomic mass is 9.78. The summed E-state index contributed by atoms with van der Waals surface area (Å²) < 4.78 is 0. The van der Waals surface area contributed by atoms with Gasteiger partial charge in [-0.05, 0) is 37.8 Å². The summed E-state index contributed by atoms with van der Waals surface area (Å²) in [4.78, 5) is 29.7. The fourth-order valence-corrected chi connectivity index (χ4v) is 4.81. The van der Waals surface area contributed by atoms with Gasteiger partial charge in [0.25, 0.3) is 5.69 Å². The van der Waals surface area contributed by atoms with Crippen molar-refractivity contribution in [2.24, 2.45) is 4.99 Å². The Morgan fingerprint density at radius 1 is 1.32 bits per heavy atom. The number of benzene rings is 1. The third kappa shape index (κ3) is 3.42. The third-order valence-electron chi connectivity index (χ3n) is 5.29. The fourth-order valence-electron chi connectivity index (χ4n) is 3.84. The Morgan fingerprint density at radius 2 is 2.04 bits per heavy atom. The molecule has 25 heavy (non-hydrogen) atoms. The molecule has 0 spiro atoms. The second-order valence-electron chi connectivity index (χ2n) is 6.78. The number of amidine groups is 1. The molecule has 1 aliphatic carbocycles. The number of aryl methyl sites for hydroxylation is 1. The summed E-state index contributed by atoms with van der Waals surface area (Å²) in [6, 6.07) is 4.66. The summed E-state index contributed by atoms with van der Waals surface area (Å²) >= 11 is 1.47. The minimum Gasteiger partial charge on any atom is -0.284 e. The molecule has 1 aromatic carbocycles. The fraction of sp³-hybridized carbons (Fsp3) is 0.556. The molecule has 0 radical (unpaired) electrons. The number of carbonyl (C=O) groups is 1. The van der Waals surface area contributed by atoms with E-state index < -0.39 is 4.92 Å². The number of aliphatic imine (C=N–C) groups is 1. The van der Waals surface area contributed by atoms with Crippen molar-refractivity contribution in [3.05, 3.63) is 33.9 Å². The molecule has 3 rings (SSSR count). The van der Waals surface area contributed by atoms with Crippen molar-refractivity contribution in [3.63, 3.8) is 0 Å². The largest absolute Gasteiger partial charge is 0.284 e. The molecule has 2 fully saturated rings. The quantitative estimate of drug-likeness (QED) is 0.581. The number of nitro groups is 1. The Labute approximate surface area is 151 Å². The van der Waals surface area contributed by atoms with Crippen LogP contribution in [0.3, 0.4) is 0 Å². The Balaban J connectivity index is 1.96. The van der Waals surface area contributed by atoms with Crippen LogP contribution in [0.2, 0.25) is 0 Å². The van der Waals surface area contributed by atoms with Crippen molar-refractivity contribution in [1.29, 1.82) is 0 Å². The van der Waals surface area contributed by atoms with Crippen molar-refractivity contribution in [2.75, 3.05) is 5.75 Å². The molecule has 1 aromatic rings. The zero-order chi connectivity index (χ0) is 18.0. The predicted octanol–water partition coefficient (Wildman–Crippen LogP) is 4.58. The zero-order valence-corrected chi connectivity index (χ0v) is 15.5. The van der Waals surface area contributed by atoms with Crippen molar-refractivity contribution in [2.45, 2.75) is 57.9 Å². The second kappa shape index (κ2) is 7.15. The van der Waals surface area contributed by atoms with Gasteiger partial charge in [0, 0.05) is 17.7 Å². The van der Waals surface area contributed by atoms with Crippen molar-refractivity contribution < 1.29 is 9.72 Å². The van der Waals surface area contributed by atoms with E-state index >= 15 is 0 Å². The summed E-state index contributed by atoms with van der Waals surface area (Å²) in [6.07, 6.45) is 6.49. The highest BCUT2D eigenvalue weighted by Gasteiger charge is 2.45. The topological polar surface area (TPSA) is 75.8 Å². The average molecular weight is 361 g/mol. The Hall–Kier alpha value is -1.89.